The number of rotatable bonds is 6. The number of benzene rings is 1. The van der Waals surface area contributed by atoms with Gasteiger partial charge < -0.3 is 19.3 Å². The number of ether oxygens (including phenoxy) is 1. The summed E-state index contributed by atoms with van der Waals surface area (Å²) in [4.78, 5) is 49.1. The van der Waals surface area contributed by atoms with Gasteiger partial charge in [-0.25, -0.2) is 0 Å². The van der Waals surface area contributed by atoms with Crippen LogP contribution in [-0.2, 0) is 9.59 Å². The van der Waals surface area contributed by atoms with Crippen molar-refractivity contribution in [3.8, 4) is 5.75 Å². The van der Waals surface area contributed by atoms with Gasteiger partial charge >= 0.3 is 5.69 Å². The van der Waals surface area contributed by atoms with Crippen LogP contribution in [0.1, 0.15) is 16.8 Å². The molecule has 9 heteroatoms. The molecule has 1 aromatic carbocycles. The first-order valence-corrected chi connectivity index (χ1v) is 7.99. The number of carbonyl (C=O) groups is 3. The van der Waals surface area contributed by atoms with Crippen LogP contribution in [0, 0.1) is 10.1 Å². The van der Waals surface area contributed by atoms with Crippen LogP contribution in [0.15, 0.2) is 42.1 Å². The van der Waals surface area contributed by atoms with E-state index in [4.69, 9.17) is 4.74 Å². The third kappa shape index (κ3) is 4.20. The zero-order valence-corrected chi connectivity index (χ0v) is 15.1. The fourth-order valence-electron chi connectivity index (χ4n) is 2.62. The molecule has 1 aliphatic rings. The molecule has 1 aliphatic heterocycles. The van der Waals surface area contributed by atoms with E-state index in [0.29, 0.717) is 11.9 Å². The molecule has 0 N–H and O–H groups in total. The number of nitrogens with zero attached hydrogens (tertiary/aromatic N) is 3. The molecular weight excluding hydrogens is 354 g/mol. The largest absolute Gasteiger partial charge is 0.490 e. The first-order chi connectivity index (χ1) is 12.8. The SMILES string of the molecule is COc1cccc(C(=O)N2C=C(/C=C/C(=O)N(C)C)C[C@H]2C=O)c1[N+](=O)[O-]. The number of hydrogen-bond acceptors (Lipinski definition) is 6. The van der Waals surface area contributed by atoms with Crippen molar-refractivity contribution in [2.24, 2.45) is 0 Å². The molecule has 0 aliphatic carbocycles. The van der Waals surface area contributed by atoms with E-state index in [1.165, 1.54) is 48.6 Å². The third-order valence-electron chi connectivity index (χ3n) is 4.01. The molecule has 1 aromatic rings. The number of nitro groups is 1. The van der Waals surface area contributed by atoms with Crippen molar-refractivity contribution in [1.29, 1.82) is 0 Å². The molecule has 27 heavy (non-hydrogen) atoms. The van der Waals surface area contributed by atoms with E-state index in [9.17, 15) is 24.5 Å². The molecule has 0 fully saturated rings. The summed E-state index contributed by atoms with van der Waals surface area (Å²) in [7, 11) is 4.47. The predicted molar refractivity (Wildman–Crippen MR) is 96.2 cm³/mol. The Bertz CT molecular complexity index is 843. The molecule has 9 nitrogen and oxygen atoms in total. The quantitative estimate of drug-likeness (QED) is 0.324. The van der Waals surface area contributed by atoms with Crippen molar-refractivity contribution < 1.29 is 24.0 Å². The zero-order valence-electron chi connectivity index (χ0n) is 15.1. The lowest BCUT2D eigenvalue weighted by molar-refractivity contribution is -0.386. The Morgan fingerprint density at radius 1 is 1.37 bits per heavy atom. The summed E-state index contributed by atoms with van der Waals surface area (Å²) in [6.45, 7) is 0. The average molecular weight is 373 g/mol. The van der Waals surface area contributed by atoms with Gasteiger partial charge in [0.25, 0.3) is 5.91 Å². The second kappa shape index (κ2) is 8.26. The third-order valence-corrected chi connectivity index (χ3v) is 4.01. The van der Waals surface area contributed by atoms with Crippen LogP contribution >= 0.6 is 0 Å². The molecule has 2 rings (SSSR count). The number of hydrogen-bond donors (Lipinski definition) is 0. The highest BCUT2D eigenvalue weighted by Crippen LogP contribution is 2.33. The number of likely N-dealkylation sites (N-methyl/N-ethyl adjacent to an activating group) is 1. The Hall–Kier alpha value is -3.49. The summed E-state index contributed by atoms with van der Waals surface area (Å²) in [5.74, 6) is -0.986. The molecule has 1 atom stereocenters. The Kier molecular flexibility index (Phi) is 6.07. The van der Waals surface area contributed by atoms with Gasteiger partial charge in [0.2, 0.25) is 5.91 Å². The van der Waals surface area contributed by atoms with Crippen molar-refractivity contribution in [2.75, 3.05) is 21.2 Å². The van der Waals surface area contributed by atoms with Crippen molar-refractivity contribution in [1.82, 2.24) is 9.80 Å². The Morgan fingerprint density at radius 3 is 2.63 bits per heavy atom. The fraction of sp³-hybridized carbons (Fsp3) is 0.278. The number of para-hydroxylation sites is 1. The lowest BCUT2D eigenvalue weighted by atomic mass is 10.1. The van der Waals surface area contributed by atoms with E-state index >= 15 is 0 Å². The second-order valence-electron chi connectivity index (χ2n) is 6.00. The molecule has 0 saturated carbocycles. The summed E-state index contributed by atoms with van der Waals surface area (Å²) in [5, 5.41) is 11.4. The highest BCUT2D eigenvalue weighted by Gasteiger charge is 2.34. The van der Waals surface area contributed by atoms with E-state index in [0.717, 1.165) is 4.90 Å². The van der Waals surface area contributed by atoms with Crippen LogP contribution in [0.5, 0.6) is 5.75 Å². The molecule has 0 bridgehead atoms. The van der Waals surface area contributed by atoms with Gasteiger partial charge in [-0.3, -0.25) is 19.7 Å². The van der Waals surface area contributed by atoms with E-state index in [1.807, 2.05) is 0 Å². The summed E-state index contributed by atoms with van der Waals surface area (Å²) in [6, 6.07) is 3.35. The average Bonchev–Trinajstić information content (AvgIpc) is 3.07. The molecule has 0 spiro atoms. The maximum atomic E-state index is 12.9. The van der Waals surface area contributed by atoms with Gasteiger partial charge in [0, 0.05) is 32.8 Å². The minimum absolute atomic E-state index is 0.0478. The van der Waals surface area contributed by atoms with Gasteiger partial charge in [-0.1, -0.05) is 12.1 Å². The lowest BCUT2D eigenvalue weighted by Gasteiger charge is -2.19. The monoisotopic (exact) mass is 373 g/mol. The summed E-state index contributed by atoms with van der Waals surface area (Å²) < 4.78 is 4.97. The first-order valence-electron chi connectivity index (χ1n) is 7.99. The van der Waals surface area contributed by atoms with Crippen LogP contribution in [0.2, 0.25) is 0 Å². The van der Waals surface area contributed by atoms with Crippen LogP contribution < -0.4 is 4.74 Å². The minimum Gasteiger partial charge on any atom is -0.490 e. The van der Waals surface area contributed by atoms with E-state index in [1.54, 1.807) is 14.1 Å². The predicted octanol–water partition coefficient (Wildman–Crippen LogP) is 1.55. The van der Waals surface area contributed by atoms with Crippen molar-refractivity contribution in [3.05, 3.63) is 57.8 Å². The Balaban J connectivity index is 2.38. The second-order valence-corrected chi connectivity index (χ2v) is 6.00. The molecule has 0 unspecified atom stereocenters. The molecule has 2 amide bonds. The smallest absolute Gasteiger partial charge is 0.323 e. The number of aldehydes is 1. The van der Waals surface area contributed by atoms with Crippen LogP contribution in [0.25, 0.3) is 0 Å². The van der Waals surface area contributed by atoms with Gasteiger partial charge in [-0.2, -0.15) is 0 Å². The summed E-state index contributed by atoms with van der Waals surface area (Å²) >= 11 is 0. The highest BCUT2D eigenvalue weighted by atomic mass is 16.6. The molecule has 0 saturated heterocycles. The van der Waals surface area contributed by atoms with Crippen LogP contribution in [-0.4, -0.2) is 60.1 Å². The van der Waals surface area contributed by atoms with Gasteiger partial charge in [-0.15, -0.1) is 0 Å². The van der Waals surface area contributed by atoms with Crippen molar-refractivity contribution in [3.63, 3.8) is 0 Å². The molecule has 0 radical (unpaired) electrons. The number of nitro benzene ring substituents is 1. The van der Waals surface area contributed by atoms with Crippen LogP contribution in [0.4, 0.5) is 5.69 Å². The fourth-order valence-corrected chi connectivity index (χ4v) is 2.62. The summed E-state index contributed by atoms with van der Waals surface area (Å²) in [5.41, 5.74) is -0.0620. The highest BCUT2D eigenvalue weighted by molar-refractivity contribution is 6.01. The van der Waals surface area contributed by atoms with E-state index < -0.39 is 22.6 Å². The Labute approximate surface area is 155 Å². The van der Waals surface area contributed by atoms with Gasteiger partial charge in [-0.05, 0) is 17.7 Å². The lowest BCUT2D eigenvalue weighted by Crippen LogP contribution is -2.34. The van der Waals surface area contributed by atoms with Crippen molar-refractivity contribution in [2.45, 2.75) is 12.5 Å². The maximum Gasteiger partial charge on any atom is 0.323 e. The number of amides is 2. The zero-order chi connectivity index (χ0) is 20.1. The minimum atomic E-state index is -0.808. The molecule has 1 heterocycles. The molecular formula is C18H19N3O6. The number of carbonyl (C=O) groups excluding carboxylic acids is 3. The van der Waals surface area contributed by atoms with Crippen LogP contribution in [0.3, 0.4) is 0 Å². The summed E-state index contributed by atoms with van der Waals surface area (Å²) in [6.07, 6.45) is 5.07. The van der Waals surface area contributed by atoms with Crippen molar-refractivity contribution >= 4 is 23.8 Å². The van der Waals surface area contributed by atoms with Gasteiger partial charge in [0.05, 0.1) is 18.1 Å². The van der Waals surface area contributed by atoms with E-state index in [-0.39, 0.29) is 23.6 Å². The number of allylic oxidation sites excluding steroid dienone is 1. The Morgan fingerprint density at radius 2 is 2.07 bits per heavy atom. The topological polar surface area (TPSA) is 110 Å². The molecule has 142 valence electrons. The first kappa shape index (κ1) is 19.8. The van der Waals surface area contributed by atoms with E-state index in [2.05, 4.69) is 0 Å². The van der Waals surface area contributed by atoms with Gasteiger partial charge in [0.15, 0.2) is 5.75 Å². The standard InChI is InChI=1S/C18H19N3O6/c1-19(2)16(23)8-7-12-9-13(11-22)20(10-12)18(24)14-5-4-6-15(27-3)17(14)21(25)26/h4-8,10-11,13H,9H2,1-3H3/b8-7+/t13-/m0/s1. The molecule has 0 aromatic heterocycles. The number of methoxy groups -OCH3 is 1. The maximum absolute atomic E-state index is 12.9. The van der Waals surface area contributed by atoms with Gasteiger partial charge in [0.1, 0.15) is 11.8 Å². The normalized spacial score (nSPS) is 16.2.